The second kappa shape index (κ2) is 2.28. The Kier molecular flexibility index (Phi) is 1.37. The molecule has 0 aromatic rings. The predicted molar refractivity (Wildman–Crippen MR) is 40.0 cm³/mol. The van der Waals surface area contributed by atoms with Crippen LogP contribution >= 0.6 is 0 Å². The molecule has 5 N–H and O–H groups in total. The SMILES string of the molecule is CC1NC2=C(N1)C(=O)NC(O)N2. The molecule has 0 aliphatic carbocycles. The Labute approximate surface area is 69.0 Å². The zero-order valence-electron chi connectivity index (χ0n) is 6.51. The minimum absolute atomic E-state index is 0.0125. The fraction of sp³-hybridized carbons (Fsp3) is 0.500. The third-order valence-corrected chi connectivity index (χ3v) is 1.75. The van der Waals surface area contributed by atoms with Crippen LogP contribution in [0.5, 0.6) is 0 Å². The van der Waals surface area contributed by atoms with E-state index in [-0.39, 0.29) is 12.1 Å². The van der Waals surface area contributed by atoms with Crippen molar-refractivity contribution in [2.24, 2.45) is 0 Å². The number of hydrogen-bond acceptors (Lipinski definition) is 5. The van der Waals surface area contributed by atoms with Gasteiger partial charge in [0.15, 0.2) is 0 Å². The molecule has 2 rings (SSSR count). The molecule has 2 heterocycles. The number of aliphatic hydroxyl groups excluding tert-OH is 1. The van der Waals surface area contributed by atoms with Gasteiger partial charge in [-0.2, -0.15) is 0 Å². The number of aliphatic hydroxyl groups is 1. The summed E-state index contributed by atoms with van der Waals surface area (Å²) < 4.78 is 0. The number of nitrogens with one attached hydrogen (secondary N) is 4. The van der Waals surface area contributed by atoms with E-state index in [2.05, 4.69) is 21.3 Å². The molecule has 0 radical (unpaired) electrons. The molecule has 0 aromatic carbocycles. The van der Waals surface area contributed by atoms with Gasteiger partial charge in [-0.3, -0.25) is 4.79 Å². The largest absolute Gasteiger partial charge is 0.358 e. The van der Waals surface area contributed by atoms with Gasteiger partial charge in [0, 0.05) is 0 Å². The Morgan fingerprint density at radius 3 is 2.75 bits per heavy atom. The van der Waals surface area contributed by atoms with E-state index in [1.807, 2.05) is 6.92 Å². The number of hydrogen-bond donors (Lipinski definition) is 5. The summed E-state index contributed by atoms with van der Waals surface area (Å²) in [4.78, 5) is 11.2. The molecule has 0 saturated carbocycles. The van der Waals surface area contributed by atoms with Crippen molar-refractivity contribution in [3.8, 4) is 0 Å². The van der Waals surface area contributed by atoms with Crippen molar-refractivity contribution in [3.63, 3.8) is 0 Å². The van der Waals surface area contributed by atoms with Crippen LogP contribution in [0.4, 0.5) is 0 Å². The van der Waals surface area contributed by atoms with Crippen LogP contribution in [0, 0.1) is 0 Å². The summed E-state index contributed by atoms with van der Waals surface area (Å²) in [5, 5.41) is 19.9. The maximum absolute atomic E-state index is 11.2. The summed E-state index contributed by atoms with van der Waals surface area (Å²) in [6, 6.07) is 0. The fourth-order valence-electron chi connectivity index (χ4n) is 1.28. The monoisotopic (exact) mass is 170 g/mol. The minimum Gasteiger partial charge on any atom is -0.358 e. The maximum Gasteiger partial charge on any atom is 0.274 e. The molecule has 0 aromatic heterocycles. The van der Waals surface area contributed by atoms with E-state index in [4.69, 9.17) is 5.11 Å². The van der Waals surface area contributed by atoms with Gasteiger partial charge in [-0.05, 0) is 6.92 Å². The lowest BCUT2D eigenvalue weighted by Crippen LogP contribution is -2.51. The van der Waals surface area contributed by atoms with E-state index in [0.29, 0.717) is 11.5 Å². The molecular formula is C6H10N4O2. The van der Waals surface area contributed by atoms with Crippen molar-refractivity contribution < 1.29 is 9.90 Å². The van der Waals surface area contributed by atoms with E-state index in [1.54, 1.807) is 0 Å². The second-order valence-electron chi connectivity index (χ2n) is 2.78. The van der Waals surface area contributed by atoms with Crippen LogP contribution in [0.15, 0.2) is 11.5 Å². The summed E-state index contributed by atoms with van der Waals surface area (Å²) in [6.07, 6.45) is -0.991. The molecule has 2 aliphatic heterocycles. The van der Waals surface area contributed by atoms with Gasteiger partial charge in [0.1, 0.15) is 11.5 Å². The van der Waals surface area contributed by atoms with E-state index < -0.39 is 6.35 Å². The predicted octanol–water partition coefficient (Wildman–Crippen LogP) is -2.31. The molecule has 0 bridgehead atoms. The molecule has 0 saturated heterocycles. The summed E-state index contributed by atoms with van der Waals surface area (Å²) in [7, 11) is 0. The number of amides is 1. The second-order valence-corrected chi connectivity index (χ2v) is 2.78. The van der Waals surface area contributed by atoms with E-state index >= 15 is 0 Å². The lowest BCUT2D eigenvalue weighted by molar-refractivity contribution is -0.122. The third-order valence-electron chi connectivity index (χ3n) is 1.75. The molecule has 2 unspecified atom stereocenters. The summed E-state index contributed by atoms with van der Waals surface area (Å²) in [5.41, 5.74) is 0.452. The van der Waals surface area contributed by atoms with Crippen LogP contribution in [0.2, 0.25) is 0 Å². The highest BCUT2D eigenvalue weighted by atomic mass is 16.3. The van der Waals surface area contributed by atoms with Crippen molar-refractivity contribution in [3.05, 3.63) is 11.5 Å². The van der Waals surface area contributed by atoms with Gasteiger partial charge < -0.3 is 26.4 Å². The van der Waals surface area contributed by atoms with Gasteiger partial charge in [0.25, 0.3) is 5.91 Å². The van der Waals surface area contributed by atoms with Gasteiger partial charge in [0.2, 0.25) is 6.35 Å². The molecule has 0 fully saturated rings. The zero-order valence-corrected chi connectivity index (χ0v) is 6.51. The summed E-state index contributed by atoms with van der Waals surface area (Å²) >= 11 is 0. The Hall–Kier alpha value is -1.43. The van der Waals surface area contributed by atoms with Gasteiger partial charge in [-0.1, -0.05) is 0 Å². The lowest BCUT2D eigenvalue weighted by Gasteiger charge is -2.21. The molecule has 2 atom stereocenters. The third kappa shape index (κ3) is 0.964. The van der Waals surface area contributed by atoms with Crippen molar-refractivity contribution in [2.45, 2.75) is 19.4 Å². The first kappa shape index (κ1) is 7.23. The quantitative estimate of drug-likeness (QED) is 0.282. The van der Waals surface area contributed by atoms with E-state index in [0.717, 1.165) is 0 Å². The van der Waals surface area contributed by atoms with Crippen LogP contribution < -0.4 is 21.3 Å². The Balaban J connectivity index is 2.24. The zero-order chi connectivity index (χ0) is 8.72. The molecule has 6 nitrogen and oxygen atoms in total. The molecule has 12 heavy (non-hydrogen) atoms. The van der Waals surface area contributed by atoms with E-state index in [1.165, 1.54) is 0 Å². The van der Waals surface area contributed by atoms with Crippen molar-refractivity contribution in [2.75, 3.05) is 0 Å². The molecule has 0 spiro atoms. The summed E-state index contributed by atoms with van der Waals surface area (Å²) in [5.74, 6) is 0.256. The Morgan fingerprint density at radius 2 is 2.00 bits per heavy atom. The van der Waals surface area contributed by atoms with Gasteiger partial charge in [0.05, 0.1) is 6.17 Å². The average molecular weight is 170 g/mol. The number of carbonyl (C=O) groups excluding carboxylic acids is 1. The average Bonchev–Trinajstić information content (AvgIpc) is 2.29. The van der Waals surface area contributed by atoms with Crippen LogP contribution in [0.25, 0.3) is 0 Å². The van der Waals surface area contributed by atoms with Crippen molar-refractivity contribution in [1.29, 1.82) is 0 Å². The van der Waals surface area contributed by atoms with Crippen LogP contribution in [-0.2, 0) is 4.79 Å². The Bertz CT molecular complexity index is 262. The Morgan fingerprint density at radius 1 is 1.25 bits per heavy atom. The summed E-state index contributed by atoms with van der Waals surface area (Å²) in [6.45, 7) is 1.87. The fourth-order valence-corrected chi connectivity index (χ4v) is 1.28. The smallest absolute Gasteiger partial charge is 0.274 e. The standard InChI is InChI=1S/C6H10N4O2/c1-2-7-3-4(8-2)9-6(12)10-5(3)11/h2,6-9,12H,1H3,(H,10,11). The molecule has 6 heteroatoms. The topological polar surface area (TPSA) is 85.4 Å². The van der Waals surface area contributed by atoms with Crippen molar-refractivity contribution >= 4 is 5.91 Å². The normalized spacial score (nSPS) is 33.0. The van der Waals surface area contributed by atoms with Crippen LogP contribution in [0.1, 0.15) is 6.92 Å². The number of carbonyl (C=O) groups is 1. The van der Waals surface area contributed by atoms with Crippen molar-refractivity contribution in [1.82, 2.24) is 21.3 Å². The first-order valence-electron chi connectivity index (χ1n) is 3.69. The highest BCUT2D eigenvalue weighted by Gasteiger charge is 2.30. The van der Waals surface area contributed by atoms with Crippen LogP contribution in [0.3, 0.4) is 0 Å². The lowest BCUT2D eigenvalue weighted by atomic mass is 10.3. The van der Waals surface area contributed by atoms with Gasteiger partial charge in [-0.15, -0.1) is 0 Å². The molecular weight excluding hydrogens is 160 g/mol. The highest BCUT2D eigenvalue weighted by Crippen LogP contribution is 2.08. The van der Waals surface area contributed by atoms with E-state index in [9.17, 15) is 4.79 Å². The minimum atomic E-state index is -1.00. The highest BCUT2D eigenvalue weighted by molar-refractivity contribution is 5.94. The molecule has 66 valence electrons. The maximum atomic E-state index is 11.2. The van der Waals surface area contributed by atoms with Gasteiger partial charge >= 0.3 is 0 Å². The van der Waals surface area contributed by atoms with Crippen LogP contribution in [-0.4, -0.2) is 23.5 Å². The molecule has 1 amide bonds. The first-order chi connectivity index (χ1) is 5.66. The van der Waals surface area contributed by atoms with Gasteiger partial charge in [-0.25, -0.2) is 0 Å². The first-order valence-corrected chi connectivity index (χ1v) is 3.69. The number of rotatable bonds is 0. The molecule has 2 aliphatic rings.